The third kappa shape index (κ3) is 6.27. The second-order valence-electron chi connectivity index (χ2n) is 11.1. The highest BCUT2D eigenvalue weighted by molar-refractivity contribution is 5.92. The fraction of sp³-hybridized carbons (Fsp3) is 0.655. The number of carbonyl (C=O) groups is 1. The van der Waals surface area contributed by atoms with Crippen molar-refractivity contribution in [2.24, 2.45) is 11.3 Å². The number of hydrogen-bond donors (Lipinski definition) is 0. The smallest absolute Gasteiger partial charge is 0.276 e. The molecule has 1 aromatic heterocycles. The molecule has 0 N–H and O–H groups in total. The van der Waals surface area contributed by atoms with E-state index in [0.29, 0.717) is 5.69 Å². The quantitative estimate of drug-likeness (QED) is 0.577. The van der Waals surface area contributed by atoms with E-state index in [9.17, 15) is 4.79 Å². The largest absolute Gasteiger partial charge is 0.492 e. The highest BCUT2D eigenvalue weighted by Crippen LogP contribution is 2.40. The van der Waals surface area contributed by atoms with Gasteiger partial charge in [0.25, 0.3) is 5.91 Å². The standard InChI is InChI=1S/C29H41N3O3/c1-2-7-25-20-26(30-35-25)28(33)32-16-14-29(15-17-32)13-6-5-9-24-8-3-4-10-27(24)34-19-18-31(22-29)21-23-11-12-23/h3-4,8,10,20,23H,2,5-7,9,11-19,21-22H2,1H3. The van der Waals surface area contributed by atoms with Gasteiger partial charge < -0.3 is 14.2 Å². The van der Waals surface area contributed by atoms with E-state index in [1.165, 1.54) is 44.2 Å². The molecule has 35 heavy (non-hydrogen) atoms. The lowest BCUT2D eigenvalue weighted by Crippen LogP contribution is -2.49. The average molecular weight is 480 g/mol. The lowest BCUT2D eigenvalue weighted by molar-refractivity contribution is 0.0362. The van der Waals surface area contributed by atoms with Crippen molar-refractivity contribution in [2.75, 3.05) is 39.3 Å². The first-order chi connectivity index (χ1) is 17.1. The van der Waals surface area contributed by atoms with Crippen molar-refractivity contribution in [1.29, 1.82) is 0 Å². The van der Waals surface area contributed by atoms with Gasteiger partial charge in [0, 0.05) is 45.2 Å². The van der Waals surface area contributed by atoms with Crippen LogP contribution in [0.4, 0.5) is 0 Å². The molecule has 1 aromatic carbocycles. The molecule has 1 amide bonds. The van der Waals surface area contributed by atoms with E-state index >= 15 is 0 Å². The molecule has 0 atom stereocenters. The van der Waals surface area contributed by atoms with Crippen LogP contribution in [0.5, 0.6) is 5.75 Å². The van der Waals surface area contributed by atoms with E-state index in [1.807, 2.05) is 11.0 Å². The van der Waals surface area contributed by atoms with Gasteiger partial charge in [0.1, 0.15) is 18.1 Å². The van der Waals surface area contributed by atoms with Gasteiger partial charge in [-0.25, -0.2) is 0 Å². The van der Waals surface area contributed by atoms with Crippen LogP contribution in [0.1, 0.15) is 80.1 Å². The summed E-state index contributed by atoms with van der Waals surface area (Å²) in [4.78, 5) is 17.8. The number of piperidine rings is 1. The minimum Gasteiger partial charge on any atom is -0.492 e. The summed E-state index contributed by atoms with van der Waals surface area (Å²) in [6.45, 7) is 7.77. The molecular formula is C29H41N3O3. The molecule has 0 bridgehead atoms. The molecule has 1 saturated heterocycles. The summed E-state index contributed by atoms with van der Waals surface area (Å²) in [5.41, 5.74) is 2.09. The van der Waals surface area contributed by atoms with Crippen molar-refractivity contribution < 1.29 is 14.1 Å². The van der Waals surface area contributed by atoms with Crippen molar-refractivity contribution in [3.63, 3.8) is 0 Å². The molecule has 3 aliphatic rings. The number of ether oxygens (including phenoxy) is 1. The predicted molar refractivity (Wildman–Crippen MR) is 137 cm³/mol. The van der Waals surface area contributed by atoms with Gasteiger partial charge in [-0.15, -0.1) is 0 Å². The average Bonchev–Trinajstić information content (AvgIpc) is 3.56. The van der Waals surface area contributed by atoms with Crippen LogP contribution < -0.4 is 4.74 Å². The molecule has 2 fully saturated rings. The molecule has 6 heteroatoms. The molecular weight excluding hydrogens is 438 g/mol. The van der Waals surface area contributed by atoms with E-state index in [4.69, 9.17) is 9.26 Å². The number of likely N-dealkylation sites (tertiary alicyclic amines) is 1. The van der Waals surface area contributed by atoms with Gasteiger partial charge in [0.2, 0.25) is 0 Å². The summed E-state index contributed by atoms with van der Waals surface area (Å²) in [7, 11) is 0. The van der Waals surface area contributed by atoms with Crippen LogP contribution in [0.2, 0.25) is 0 Å². The monoisotopic (exact) mass is 479 g/mol. The summed E-state index contributed by atoms with van der Waals surface area (Å²) in [5, 5.41) is 4.07. The number of aromatic nitrogens is 1. The van der Waals surface area contributed by atoms with Crippen LogP contribution >= 0.6 is 0 Å². The third-order valence-electron chi connectivity index (χ3n) is 8.20. The second kappa shape index (κ2) is 11.2. The summed E-state index contributed by atoms with van der Waals surface area (Å²) in [6.07, 6.45) is 11.4. The zero-order valence-corrected chi connectivity index (χ0v) is 21.3. The van der Waals surface area contributed by atoms with E-state index in [1.54, 1.807) is 0 Å². The lowest BCUT2D eigenvalue weighted by Gasteiger charge is -2.45. The molecule has 0 unspecified atom stereocenters. The molecule has 190 valence electrons. The normalized spacial score (nSPS) is 21.6. The molecule has 1 saturated carbocycles. The Morgan fingerprint density at radius 3 is 2.74 bits per heavy atom. The SMILES string of the molecule is CCCc1cc(C(=O)N2CCC3(CCCCc4ccccc4OCCN(CC4CC4)C3)CC2)no1. The Morgan fingerprint density at radius 1 is 1.11 bits per heavy atom. The number of carbonyl (C=O) groups excluding carboxylic acids is 1. The van der Waals surface area contributed by atoms with E-state index in [0.717, 1.165) is 82.3 Å². The first kappa shape index (κ1) is 24.4. The summed E-state index contributed by atoms with van der Waals surface area (Å²) < 4.78 is 11.6. The lowest BCUT2D eigenvalue weighted by atomic mass is 9.73. The number of hydrogen-bond acceptors (Lipinski definition) is 5. The van der Waals surface area contributed by atoms with Gasteiger partial charge in [0.15, 0.2) is 5.69 Å². The van der Waals surface area contributed by atoms with Gasteiger partial charge in [-0.05, 0) is 74.3 Å². The van der Waals surface area contributed by atoms with Crippen molar-refractivity contribution in [1.82, 2.24) is 15.0 Å². The van der Waals surface area contributed by atoms with Gasteiger partial charge in [-0.2, -0.15) is 0 Å². The number of rotatable bonds is 5. The zero-order chi connectivity index (χ0) is 24.1. The maximum absolute atomic E-state index is 13.1. The van der Waals surface area contributed by atoms with Gasteiger partial charge >= 0.3 is 0 Å². The van der Waals surface area contributed by atoms with Crippen LogP contribution in [0, 0.1) is 11.3 Å². The Labute approximate surface area is 210 Å². The second-order valence-corrected chi connectivity index (χ2v) is 11.1. The molecule has 2 aliphatic heterocycles. The fourth-order valence-corrected chi connectivity index (χ4v) is 5.94. The Balaban J connectivity index is 1.26. The maximum atomic E-state index is 13.1. The van der Waals surface area contributed by atoms with E-state index < -0.39 is 0 Å². The molecule has 2 aromatic rings. The molecule has 5 rings (SSSR count). The number of nitrogens with zero attached hydrogens (tertiary/aromatic N) is 3. The minimum atomic E-state index is 0.0268. The van der Waals surface area contributed by atoms with Crippen LogP contribution in [0.3, 0.4) is 0 Å². The Morgan fingerprint density at radius 2 is 1.94 bits per heavy atom. The molecule has 1 aliphatic carbocycles. The highest BCUT2D eigenvalue weighted by atomic mass is 16.5. The highest BCUT2D eigenvalue weighted by Gasteiger charge is 2.38. The van der Waals surface area contributed by atoms with Crippen LogP contribution in [-0.4, -0.2) is 60.2 Å². The van der Waals surface area contributed by atoms with Gasteiger partial charge in [-0.1, -0.05) is 36.7 Å². The first-order valence-electron chi connectivity index (χ1n) is 13.8. The minimum absolute atomic E-state index is 0.0268. The number of benzene rings is 1. The molecule has 0 radical (unpaired) electrons. The Kier molecular flexibility index (Phi) is 7.76. The van der Waals surface area contributed by atoms with E-state index in [2.05, 4.69) is 41.2 Å². The maximum Gasteiger partial charge on any atom is 0.276 e. The van der Waals surface area contributed by atoms with Crippen LogP contribution in [0.15, 0.2) is 34.9 Å². The number of fused-ring (bicyclic) bond motifs is 1. The molecule has 1 spiro atoms. The van der Waals surface area contributed by atoms with Crippen molar-refractivity contribution in [3.05, 3.63) is 47.3 Å². The molecule has 6 nitrogen and oxygen atoms in total. The summed E-state index contributed by atoms with van der Waals surface area (Å²) >= 11 is 0. The van der Waals surface area contributed by atoms with Crippen LogP contribution in [0.25, 0.3) is 0 Å². The fourth-order valence-electron chi connectivity index (χ4n) is 5.94. The summed E-state index contributed by atoms with van der Waals surface area (Å²) in [6, 6.07) is 10.4. The van der Waals surface area contributed by atoms with Crippen molar-refractivity contribution >= 4 is 5.91 Å². The van der Waals surface area contributed by atoms with Gasteiger partial charge in [0.05, 0.1) is 0 Å². The number of amides is 1. The van der Waals surface area contributed by atoms with Gasteiger partial charge in [-0.3, -0.25) is 9.69 Å². The van der Waals surface area contributed by atoms with Crippen molar-refractivity contribution in [3.8, 4) is 5.75 Å². The molecule has 3 heterocycles. The summed E-state index contributed by atoms with van der Waals surface area (Å²) in [5.74, 6) is 2.76. The predicted octanol–water partition coefficient (Wildman–Crippen LogP) is 5.37. The Hall–Kier alpha value is -2.34. The van der Waals surface area contributed by atoms with Crippen LogP contribution in [-0.2, 0) is 12.8 Å². The number of para-hydroxylation sites is 1. The first-order valence-corrected chi connectivity index (χ1v) is 13.8. The van der Waals surface area contributed by atoms with E-state index in [-0.39, 0.29) is 11.3 Å². The topological polar surface area (TPSA) is 58.8 Å². The third-order valence-corrected chi connectivity index (χ3v) is 8.20. The number of aryl methyl sites for hydroxylation is 2. The van der Waals surface area contributed by atoms with Crippen molar-refractivity contribution in [2.45, 2.75) is 71.1 Å². The Bertz CT molecular complexity index is 975. The zero-order valence-electron chi connectivity index (χ0n) is 21.3.